The van der Waals surface area contributed by atoms with Crippen LogP contribution in [0.5, 0.6) is 5.75 Å². The van der Waals surface area contributed by atoms with Gasteiger partial charge in [-0.05, 0) is 67.5 Å². The zero-order valence-corrected chi connectivity index (χ0v) is 26.6. The van der Waals surface area contributed by atoms with Gasteiger partial charge in [-0.2, -0.15) is 0 Å². The van der Waals surface area contributed by atoms with Gasteiger partial charge in [-0.3, -0.25) is 13.9 Å². The molecule has 226 valence electrons. The molecule has 0 spiro atoms. The highest BCUT2D eigenvalue weighted by molar-refractivity contribution is 7.98. The van der Waals surface area contributed by atoms with Gasteiger partial charge >= 0.3 is 0 Å². The maximum Gasteiger partial charge on any atom is 0.264 e. The summed E-state index contributed by atoms with van der Waals surface area (Å²) < 4.78 is 35.2. The zero-order chi connectivity index (χ0) is 30.7. The molecular weight excluding hydrogens is 571 g/mol. The molecule has 1 atom stereocenters. The first-order chi connectivity index (χ1) is 20.1. The van der Waals surface area contributed by atoms with Crippen molar-refractivity contribution >= 4 is 39.3 Å². The van der Waals surface area contributed by atoms with Gasteiger partial charge in [0.05, 0.1) is 17.2 Å². The van der Waals surface area contributed by atoms with Gasteiger partial charge in [0.15, 0.2) is 0 Å². The lowest BCUT2D eigenvalue weighted by Crippen LogP contribution is -2.52. The van der Waals surface area contributed by atoms with Crippen LogP contribution in [0.4, 0.5) is 5.69 Å². The Morgan fingerprint density at radius 1 is 0.929 bits per heavy atom. The van der Waals surface area contributed by atoms with Crippen LogP contribution in [0, 0.1) is 5.92 Å². The predicted octanol–water partition coefficient (Wildman–Crippen LogP) is 5.58. The van der Waals surface area contributed by atoms with Gasteiger partial charge < -0.3 is 15.0 Å². The molecule has 0 radical (unpaired) electrons. The number of nitrogens with zero attached hydrogens (tertiary/aromatic N) is 2. The molecule has 0 aliphatic carbocycles. The fourth-order valence-corrected chi connectivity index (χ4v) is 6.28. The van der Waals surface area contributed by atoms with E-state index in [1.165, 1.54) is 28.8 Å². The van der Waals surface area contributed by atoms with Gasteiger partial charge in [-0.15, -0.1) is 11.8 Å². The second kappa shape index (κ2) is 15.7. The first-order valence-corrected chi connectivity index (χ1v) is 16.8. The van der Waals surface area contributed by atoms with E-state index >= 15 is 0 Å². The van der Waals surface area contributed by atoms with Crippen molar-refractivity contribution in [1.29, 1.82) is 0 Å². The maximum absolute atomic E-state index is 14.2. The van der Waals surface area contributed by atoms with Crippen molar-refractivity contribution in [3.8, 4) is 5.75 Å². The van der Waals surface area contributed by atoms with Crippen LogP contribution in [0.15, 0.2) is 88.7 Å². The number of ether oxygens (including phenoxy) is 1. The Morgan fingerprint density at radius 3 is 2.17 bits per heavy atom. The summed E-state index contributed by atoms with van der Waals surface area (Å²) in [5.74, 6) is -0.195. The summed E-state index contributed by atoms with van der Waals surface area (Å²) in [4.78, 5) is 30.0. The molecule has 1 N–H and O–H groups in total. The molecule has 0 fully saturated rings. The molecule has 0 heterocycles. The number of nitrogens with one attached hydrogen (secondary N) is 1. The Labute approximate surface area is 254 Å². The predicted molar refractivity (Wildman–Crippen MR) is 169 cm³/mol. The number of rotatable bonds is 15. The smallest absolute Gasteiger partial charge is 0.264 e. The average molecular weight is 612 g/mol. The topological polar surface area (TPSA) is 96.0 Å². The summed E-state index contributed by atoms with van der Waals surface area (Å²) in [6, 6.07) is 21.9. The average Bonchev–Trinajstić information content (AvgIpc) is 2.99. The highest BCUT2D eigenvalue weighted by Crippen LogP contribution is 2.33. The van der Waals surface area contributed by atoms with Crippen LogP contribution < -0.4 is 14.4 Å². The van der Waals surface area contributed by atoms with Gasteiger partial charge in [-0.1, -0.05) is 63.2 Å². The fourth-order valence-electron chi connectivity index (χ4n) is 4.45. The molecule has 0 saturated heterocycles. The van der Waals surface area contributed by atoms with Crippen LogP contribution in [-0.2, 0) is 26.2 Å². The maximum atomic E-state index is 14.2. The number of hydrogen-bond donors (Lipinski definition) is 1. The Morgan fingerprint density at radius 2 is 1.57 bits per heavy atom. The van der Waals surface area contributed by atoms with Crippen molar-refractivity contribution in [1.82, 2.24) is 10.2 Å². The van der Waals surface area contributed by atoms with E-state index in [-0.39, 0.29) is 29.0 Å². The van der Waals surface area contributed by atoms with Crippen molar-refractivity contribution in [2.24, 2.45) is 5.92 Å². The van der Waals surface area contributed by atoms with Gasteiger partial charge in [0.2, 0.25) is 11.8 Å². The van der Waals surface area contributed by atoms with Crippen molar-refractivity contribution in [2.45, 2.75) is 56.5 Å². The highest BCUT2D eigenvalue weighted by Gasteiger charge is 2.34. The lowest BCUT2D eigenvalue weighted by Gasteiger charge is -2.33. The summed E-state index contributed by atoms with van der Waals surface area (Å²) in [5, 5.41) is 2.95. The Kier molecular flexibility index (Phi) is 12.3. The number of carbonyl (C=O) groups excluding carboxylic acids is 2. The van der Waals surface area contributed by atoms with Crippen molar-refractivity contribution in [2.75, 3.05) is 30.3 Å². The molecule has 0 aromatic heterocycles. The molecule has 0 aliphatic heterocycles. The number of para-hydroxylation sites is 2. The molecule has 42 heavy (non-hydrogen) atoms. The molecule has 3 aromatic rings. The van der Waals surface area contributed by atoms with E-state index in [2.05, 4.69) is 5.32 Å². The normalized spacial score (nSPS) is 12.0. The number of anilines is 1. The second-order valence-corrected chi connectivity index (χ2v) is 12.9. The lowest BCUT2D eigenvalue weighted by molar-refractivity contribution is -0.140. The lowest BCUT2D eigenvalue weighted by atomic mass is 10.1. The van der Waals surface area contributed by atoms with Gasteiger partial charge in [-0.25, -0.2) is 8.42 Å². The minimum Gasteiger partial charge on any atom is -0.492 e. The molecular formula is C32H41N3O5S2. The number of hydrogen-bond acceptors (Lipinski definition) is 6. The quantitative estimate of drug-likeness (QED) is 0.226. The minimum absolute atomic E-state index is 0.0516. The third-order valence-electron chi connectivity index (χ3n) is 6.63. The summed E-state index contributed by atoms with van der Waals surface area (Å²) >= 11 is 1.50. The molecule has 2 amide bonds. The summed E-state index contributed by atoms with van der Waals surface area (Å²) in [6.45, 7) is 8.07. The first-order valence-electron chi connectivity index (χ1n) is 14.1. The standard InChI is InChI=1S/C32H41N3O5S2/c1-6-28(32(37)33-21-24(3)4)34(22-25-13-9-8-10-14-25)31(36)23-35(29-15-11-12-16-30(29)40-7-2)42(38,39)27-19-17-26(41-5)18-20-27/h8-20,24,28H,6-7,21-23H2,1-5H3,(H,33,37)/t28-/m1/s1. The summed E-state index contributed by atoms with van der Waals surface area (Å²) in [5.41, 5.74) is 1.08. The van der Waals surface area contributed by atoms with E-state index in [9.17, 15) is 18.0 Å². The second-order valence-electron chi connectivity index (χ2n) is 10.2. The van der Waals surface area contributed by atoms with Gasteiger partial charge in [0.25, 0.3) is 10.0 Å². The zero-order valence-electron chi connectivity index (χ0n) is 24.9. The number of sulfonamides is 1. The van der Waals surface area contributed by atoms with E-state index in [4.69, 9.17) is 4.74 Å². The molecule has 0 saturated carbocycles. The Bertz CT molecular complexity index is 1410. The van der Waals surface area contributed by atoms with Gasteiger partial charge in [0.1, 0.15) is 18.3 Å². The summed E-state index contributed by atoms with van der Waals surface area (Å²) in [6.07, 6.45) is 2.27. The highest BCUT2D eigenvalue weighted by atomic mass is 32.2. The molecule has 10 heteroatoms. The number of carbonyl (C=O) groups is 2. The van der Waals surface area contributed by atoms with E-state index in [1.54, 1.807) is 36.4 Å². The fraction of sp³-hybridized carbons (Fsp3) is 0.375. The third kappa shape index (κ3) is 8.51. The van der Waals surface area contributed by atoms with Crippen LogP contribution >= 0.6 is 11.8 Å². The third-order valence-corrected chi connectivity index (χ3v) is 9.14. The van der Waals surface area contributed by atoms with E-state index in [0.717, 1.165) is 14.8 Å². The number of amides is 2. The van der Waals surface area contributed by atoms with Crippen molar-refractivity contribution in [3.05, 3.63) is 84.4 Å². The summed E-state index contributed by atoms with van der Waals surface area (Å²) in [7, 11) is -4.20. The SMILES string of the molecule is CCOc1ccccc1N(CC(=O)N(Cc1ccccc1)[C@H](CC)C(=O)NCC(C)C)S(=O)(=O)c1ccc(SC)cc1. The number of thioether (sulfide) groups is 1. The molecule has 0 aliphatic rings. The van der Waals surface area contributed by atoms with Crippen LogP contribution in [0.3, 0.4) is 0 Å². The molecule has 0 unspecified atom stereocenters. The van der Waals surface area contributed by atoms with E-state index in [1.807, 2.05) is 64.3 Å². The van der Waals surface area contributed by atoms with Crippen molar-refractivity contribution in [3.63, 3.8) is 0 Å². The molecule has 0 bridgehead atoms. The first kappa shape index (κ1) is 33.0. The largest absolute Gasteiger partial charge is 0.492 e. The Balaban J connectivity index is 2.09. The Hall–Kier alpha value is -3.50. The van der Waals surface area contributed by atoms with Crippen LogP contribution in [0.25, 0.3) is 0 Å². The van der Waals surface area contributed by atoms with Gasteiger partial charge in [0, 0.05) is 18.0 Å². The number of benzene rings is 3. The van der Waals surface area contributed by atoms with Crippen LogP contribution in [0.1, 0.15) is 39.7 Å². The van der Waals surface area contributed by atoms with Crippen LogP contribution in [-0.4, -0.2) is 57.1 Å². The van der Waals surface area contributed by atoms with Crippen molar-refractivity contribution < 1.29 is 22.7 Å². The molecule has 3 aromatic carbocycles. The molecule has 8 nitrogen and oxygen atoms in total. The molecule has 3 rings (SSSR count). The minimum atomic E-state index is -4.20. The van der Waals surface area contributed by atoms with E-state index in [0.29, 0.717) is 25.3 Å². The monoisotopic (exact) mass is 611 g/mol. The van der Waals surface area contributed by atoms with E-state index < -0.39 is 28.5 Å². The van der Waals surface area contributed by atoms with Crippen LogP contribution in [0.2, 0.25) is 0 Å².